The summed E-state index contributed by atoms with van der Waals surface area (Å²) >= 11 is 6.21. The Morgan fingerprint density at radius 2 is 2.05 bits per heavy atom. The summed E-state index contributed by atoms with van der Waals surface area (Å²) in [5.74, 6) is 5.71. The van der Waals surface area contributed by atoms with E-state index in [1.54, 1.807) is 6.20 Å². The Morgan fingerprint density at radius 1 is 1.26 bits per heavy atom. The first-order valence-electron chi connectivity index (χ1n) is 6.38. The van der Waals surface area contributed by atoms with Gasteiger partial charge in [0.2, 0.25) is 0 Å². The van der Waals surface area contributed by atoms with E-state index < -0.39 is 0 Å². The molecule has 0 aliphatic heterocycles. The van der Waals surface area contributed by atoms with Gasteiger partial charge in [0, 0.05) is 17.4 Å². The van der Waals surface area contributed by atoms with Crippen molar-refractivity contribution in [2.24, 2.45) is 5.84 Å². The molecule has 1 aromatic carbocycles. The van der Waals surface area contributed by atoms with Gasteiger partial charge in [-0.05, 0) is 41.7 Å². The molecule has 1 aromatic heterocycles. The van der Waals surface area contributed by atoms with Gasteiger partial charge in [-0.1, -0.05) is 36.7 Å². The lowest BCUT2D eigenvalue weighted by Crippen LogP contribution is -2.30. The second-order valence-electron chi connectivity index (χ2n) is 4.44. The van der Waals surface area contributed by atoms with E-state index in [4.69, 9.17) is 17.4 Å². The van der Waals surface area contributed by atoms with E-state index in [1.807, 2.05) is 36.5 Å². The van der Waals surface area contributed by atoms with Gasteiger partial charge < -0.3 is 0 Å². The summed E-state index contributed by atoms with van der Waals surface area (Å²) in [7, 11) is 0. The monoisotopic (exact) mass is 275 g/mol. The van der Waals surface area contributed by atoms with Crippen LogP contribution in [0.4, 0.5) is 0 Å². The first-order valence-corrected chi connectivity index (χ1v) is 6.76. The highest BCUT2D eigenvalue weighted by Gasteiger charge is 2.15. The van der Waals surface area contributed by atoms with Gasteiger partial charge in [0.25, 0.3) is 0 Å². The third-order valence-electron chi connectivity index (χ3n) is 3.28. The number of hydrogen-bond donors (Lipinski definition) is 2. The molecule has 1 atom stereocenters. The molecule has 19 heavy (non-hydrogen) atoms. The second-order valence-corrected chi connectivity index (χ2v) is 4.85. The molecule has 0 spiro atoms. The summed E-state index contributed by atoms with van der Waals surface area (Å²) in [4.78, 5) is 4.16. The molecule has 0 radical (unpaired) electrons. The van der Waals surface area contributed by atoms with Gasteiger partial charge in [-0.25, -0.2) is 0 Å². The minimum Gasteiger partial charge on any atom is -0.271 e. The minimum absolute atomic E-state index is 0.0397. The Hall–Kier alpha value is -1.42. The van der Waals surface area contributed by atoms with E-state index in [0.29, 0.717) is 0 Å². The van der Waals surface area contributed by atoms with Gasteiger partial charge in [-0.2, -0.15) is 0 Å². The number of hydrogen-bond acceptors (Lipinski definition) is 3. The summed E-state index contributed by atoms with van der Waals surface area (Å²) < 4.78 is 0. The van der Waals surface area contributed by atoms with Gasteiger partial charge in [-0.3, -0.25) is 16.3 Å². The van der Waals surface area contributed by atoms with E-state index in [9.17, 15) is 0 Å². The number of nitrogens with zero attached hydrogens (tertiary/aromatic N) is 1. The fourth-order valence-corrected chi connectivity index (χ4v) is 2.43. The Morgan fingerprint density at radius 3 is 2.74 bits per heavy atom. The zero-order chi connectivity index (χ0) is 13.7. The second kappa shape index (κ2) is 6.66. The lowest BCUT2D eigenvalue weighted by Gasteiger charge is -2.19. The summed E-state index contributed by atoms with van der Waals surface area (Å²) in [6, 6.07) is 9.90. The van der Waals surface area contributed by atoms with Crippen LogP contribution in [-0.4, -0.2) is 4.98 Å². The van der Waals surface area contributed by atoms with Crippen LogP contribution in [0.3, 0.4) is 0 Å². The summed E-state index contributed by atoms with van der Waals surface area (Å²) in [6.07, 6.45) is 5.38. The van der Waals surface area contributed by atoms with Gasteiger partial charge in [0.05, 0.1) is 6.04 Å². The lowest BCUT2D eigenvalue weighted by molar-refractivity contribution is 0.547. The highest BCUT2D eigenvalue weighted by molar-refractivity contribution is 6.31. The standard InChI is InChI=1S/C15H18ClN3/c1-2-11-10-18-8-7-13(11)15(19-17)9-12-5-3-4-6-14(12)16/h3-8,10,15,19H,2,9,17H2,1H3. The molecule has 0 bridgehead atoms. The van der Waals surface area contributed by atoms with Gasteiger partial charge in [-0.15, -0.1) is 0 Å². The molecule has 3 N–H and O–H groups in total. The number of hydrazine groups is 1. The maximum Gasteiger partial charge on any atom is 0.0504 e. The van der Waals surface area contributed by atoms with E-state index in [0.717, 1.165) is 23.4 Å². The number of nitrogens with two attached hydrogens (primary N) is 1. The number of pyridine rings is 1. The van der Waals surface area contributed by atoms with Crippen LogP contribution in [0.15, 0.2) is 42.7 Å². The predicted octanol–water partition coefficient (Wildman–Crippen LogP) is 3.04. The van der Waals surface area contributed by atoms with Crippen LogP contribution in [0, 0.1) is 0 Å². The Balaban J connectivity index is 2.28. The molecule has 0 saturated heterocycles. The van der Waals surface area contributed by atoms with E-state index in [2.05, 4.69) is 17.3 Å². The number of benzene rings is 1. The van der Waals surface area contributed by atoms with Crippen molar-refractivity contribution >= 4 is 11.6 Å². The topological polar surface area (TPSA) is 50.9 Å². The van der Waals surface area contributed by atoms with Crippen LogP contribution < -0.4 is 11.3 Å². The molecule has 0 aliphatic carbocycles. The van der Waals surface area contributed by atoms with E-state index in [1.165, 1.54) is 11.1 Å². The molecular formula is C15H18ClN3. The van der Waals surface area contributed by atoms with E-state index >= 15 is 0 Å². The minimum atomic E-state index is 0.0397. The quantitative estimate of drug-likeness (QED) is 0.651. The predicted molar refractivity (Wildman–Crippen MR) is 78.8 cm³/mol. The molecule has 1 unspecified atom stereocenters. The number of halogens is 1. The van der Waals surface area contributed by atoms with Gasteiger partial charge in [0.15, 0.2) is 0 Å². The van der Waals surface area contributed by atoms with E-state index in [-0.39, 0.29) is 6.04 Å². The van der Waals surface area contributed by atoms with Crippen molar-refractivity contribution in [3.63, 3.8) is 0 Å². The van der Waals surface area contributed by atoms with Crippen LogP contribution in [0.2, 0.25) is 5.02 Å². The third-order valence-corrected chi connectivity index (χ3v) is 3.65. The van der Waals surface area contributed by atoms with Gasteiger partial charge >= 0.3 is 0 Å². The van der Waals surface area contributed by atoms with Crippen molar-refractivity contribution in [3.05, 3.63) is 64.4 Å². The maximum atomic E-state index is 6.21. The number of nitrogens with one attached hydrogen (secondary N) is 1. The highest BCUT2D eigenvalue weighted by atomic mass is 35.5. The van der Waals surface area contributed by atoms with Crippen LogP contribution in [0.5, 0.6) is 0 Å². The first-order chi connectivity index (χ1) is 9.26. The first kappa shape index (κ1) is 14.0. The molecule has 0 fully saturated rings. The zero-order valence-electron chi connectivity index (χ0n) is 10.9. The van der Waals surface area contributed by atoms with Crippen molar-refractivity contribution in [2.45, 2.75) is 25.8 Å². The Kier molecular flexibility index (Phi) is 4.91. The molecule has 2 aromatic rings. The fraction of sp³-hybridized carbons (Fsp3) is 0.267. The van der Waals surface area contributed by atoms with Crippen LogP contribution in [0.25, 0.3) is 0 Å². The fourth-order valence-electron chi connectivity index (χ4n) is 2.22. The number of rotatable bonds is 5. The third kappa shape index (κ3) is 3.32. The van der Waals surface area contributed by atoms with Gasteiger partial charge in [0.1, 0.15) is 0 Å². The number of aryl methyl sites for hydroxylation is 1. The largest absolute Gasteiger partial charge is 0.271 e. The van der Waals surface area contributed by atoms with Crippen LogP contribution in [0.1, 0.15) is 29.7 Å². The molecule has 1 heterocycles. The molecule has 3 nitrogen and oxygen atoms in total. The summed E-state index contributed by atoms with van der Waals surface area (Å²) in [6.45, 7) is 2.11. The van der Waals surface area contributed by atoms with Crippen molar-refractivity contribution in [1.82, 2.24) is 10.4 Å². The maximum absolute atomic E-state index is 6.21. The Labute approximate surface area is 118 Å². The normalized spacial score (nSPS) is 12.4. The lowest BCUT2D eigenvalue weighted by atomic mass is 9.95. The van der Waals surface area contributed by atoms with Crippen molar-refractivity contribution in [3.8, 4) is 0 Å². The van der Waals surface area contributed by atoms with Crippen LogP contribution in [-0.2, 0) is 12.8 Å². The van der Waals surface area contributed by atoms with Crippen LogP contribution >= 0.6 is 11.6 Å². The average molecular weight is 276 g/mol. The summed E-state index contributed by atoms with van der Waals surface area (Å²) in [5.41, 5.74) is 6.36. The zero-order valence-corrected chi connectivity index (χ0v) is 11.7. The molecule has 0 aliphatic rings. The SMILES string of the molecule is CCc1cnccc1C(Cc1ccccc1Cl)NN. The highest BCUT2D eigenvalue weighted by Crippen LogP contribution is 2.24. The average Bonchev–Trinajstić information content (AvgIpc) is 2.46. The molecule has 2 rings (SSSR count). The Bertz CT molecular complexity index is 542. The van der Waals surface area contributed by atoms with Crippen molar-refractivity contribution in [2.75, 3.05) is 0 Å². The molecule has 0 saturated carbocycles. The van der Waals surface area contributed by atoms with Crippen molar-refractivity contribution in [1.29, 1.82) is 0 Å². The molecular weight excluding hydrogens is 258 g/mol. The molecule has 0 amide bonds. The van der Waals surface area contributed by atoms with Crippen molar-refractivity contribution < 1.29 is 0 Å². The molecule has 100 valence electrons. The smallest absolute Gasteiger partial charge is 0.0504 e. The summed E-state index contributed by atoms with van der Waals surface area (Å²) in [5, 5.41) is 0.773. The number of aromatic nitrogens is 1. The molecule has 4 heteroatoms.